The molecule has 0 spiro atoms. The van der Waals surface area contributed by atoms with E-state index in [1.807, 2.05) is 19.1 Å². The molecule has 1 heterocycles. The molecule has 1 aromatic heterocycles. The van der Waals surface area contributed by atoms with E-state index in [0.29, 0.717) is 22.9 Å². The molecule has 0 bridgehead atoms. The molecule has 6 heteroatoms. The molecular formula is C19H24N2O3S. The lowest BCUT2D eigenvalue weighted by Gasteiger charge is -2.18. The summed E-state index contributed by atoms with van der Waals surface area (Å²) in [5.41, 5.74) is 2.36. The van der Waals surface area contributed by atoms with Gasteiger partial charge in [0, 0.05) is 18.8 Å². The predicted molar refractivity (Wildman–Crippen MR) is 100 cm³/mol. The molecule has 0 saturated carbocycles. The summed E-state index contributed by atoms with van der Waals surface area (Å²) < 4.78 is 5.33. The predicted octanol–water partition coefficient (Wildman–Crippen LogP) is 4.17. The van der Waals surface area contributed by atoms with Gasteiger partial charge in [-0.3, -0.25) is 9.69 Å². The van der Waals surface area contributed by atoms with Crippen LogP contribution < -0.4 is 4.90 Å². The molecule has 0 fully saturated rings. The first-order chi connectivity index (χ1) is 11.7. The Labute approximate surface area is 152 Å². The monoisotopic (exact) mass is 360 g/mol. The van der Waals surface area contributed by atoms with Crippen LogP contribution in [0, 0.1) is 0 Å². The van der Waals surface area contributed by atoms with Crippen molar-refractivity contribution in [3.63, 3.8) is 0 Å². The number of esters is 1. The summed E-state index contributed by atoms with van der Waals surface area (Å²) in [6.07, 6.45) is 0. The first kappa shape index (κ1) is 19.1. The van der Waals surface area contributed by atoms with Crippen LogP contribution in [0.15, 0.2) is 29.6 Å². The van der Waals surface area contributed by atoms with Crippen LogP contribution in [0.5, 0.6) is 0 Å². The SMILES string of the molecule is CCN(C(C)=O)c1nc(COC(=O)c2ccc(C(C)(C)C)cc2)cs1. The first-order valence-electron chi connectivity index (χ1n) is 8.22. The summed E-state index contributed by atoms with van der Waals surface area (Å²) in [6, 6.07) is 7.46. The van der Waals surface area contributed by atoms with E-state index in [-0.39, 0.29) is 23.9 Å². The summed E-state index contributed by atoms with van der Waals surface area (Å²) in [5.74, 6) is -0.437. The van der Waals surface area contributed by atoms with Crippen LogP contribution in [0.2, 0.25) is 0 Å². The van der Waals surface area contributed by atoms with Gasteiger partial charge in [0.05, 0.1) is 11.3 Å². The highest BCUT2D eigenvalue weighted by atomic mass is 32.1. The molecule has 0 atom stereocenters. The standard InChI is InChI=1S/C19H24N2O3S/c1-6-21(13(2)22)18-20-16(12-25-18)11-24-17(23)14-7-9-15(10-8-14)19(3,4)5/h7-10,12H,6,11H2,1-5H3. The number of ether oxygens (including phenoxy) is 1. The molecule has 0 aliphatic heterocycles. The number of hydrogen-bond acceptors (Lipinski definition) is 5. The Kier molecular flexibility index (Phi) is 5.95. The third-order valence-corrected chi connectivity index (χ3v) is 4.72. The Morgan fingerprint density at radius 1 is 1.20 bits per heavy atom. The average molecular weight is 360 g/mol. The van der Waals surface area contributed by atoms with Crippen molar-refractivity contribution in [3.05, 3.63) is 46.5 Å². The van der Waals surface area contributed by atoms with E-state index in [1.54, 1.807) is 22.4 Å². The maximum atomic E-state index is 12.2. The second-order valence-electron chi connectivity index (χ2n) is 6.79. The average Bonchev–Trinajstić information content (AvgIpc) is 3.01. The summed E-state index contributed by atoms with van der Waals surface area (Å²) >= 11 is 1.37. The second kappa shape index (κ2) is 7.78. The van der Waals surface area contributed by atoms with E-state index in [9.17, 15) is 9.59 Å². The topological polar surface area (TPSA) is 59.5 Å². The summed E-state index contributed by atoms with van der Waals surface area (Å²) in [4.78, 5) is 29.7. The van der Waals surface area contributed by atoms with Crippen molar-refractivity contribution in [2.45, 2.75) is 46.6 Å². The number of amides is 1. The van der Waals surface area contributed by atoms with Gasteiger partial charge in [0.1, 0.15) is 6.61 Å². The van der Waals surface area contributed by atoms with Crippen molar-refractivity contribution in [2.75, 3.05) is 11.4 Å². The zero-order valence-electron chi connectivity index (χ0n) is 15.3. The van der Waals surface area contributed by atoms with Gasteiger partial charge in [0.25, 0.3) is 0 Å². The minimum atomic E-state index is -0.381. The molecule has 0 saturated heterocycles. The Hall–Kier alpha value is -2.21. The van der Waals surface area contributed by atoms with E-state index in [0.717, 1.165) is 5.56 Å². The summed E-state index contributed by atoms with van der Waals surface area (Å²) in [7, 11) is 0. The molecule has 0 aliphatic carbocycles. The van der Waals surface area contributed by atoms with E-state index >= 15 is 0 Å². The van der Waals surface area contributed by atoms with E-state index in [1.165, 1.54) is 18.3 Å². The maximum absolute atomic E-state index is 12.2. The molecule has 0 aliphatic rings. The van der Waals surface area contributed by atoms with Gasteiger partial charge in [-0.25, -0.2) is 9.78 Å². The number of carbonyl (C=O) groups excluding carboxylic acids is 2. The minimum Gasteiger partial charge on any atom is -0.456 e. The molecule has 0 radical (unpaired) electrons. The van der Waals surface area contributed by atoms with Gasteiger partial charge >= 0.3 is 5.97 Å². The number of anilines is 1. The van der Waals surface area contributed by atoms with Crippen LogP contribution in [0.25, 0.3) is 0 Å². The molecule has 0 unspecified atom stereocenters. The van der Waals surface area contributed by atoms with Crippen molar-refractivity contribution in [3.8, 4) is 0 Å². The number of nitrogens with zero attached hydrogens (tertiary/aromatic N) is 2. The quantitative estimate of drug-likeness (QED) is 0.751. The van der Waals surface area contributed by atoms with Crippen LogP contribution >= 0.6 is 11.3 Å². The number of carbonyl (C=O) groups is 2. The van der Waals surface area contributed by atoms with Gasteiger partial charge in [-0.2, -0.15) is 0 Å². The summed E-state index contributed by atoms with van der Waals surface area (Å²) in [5, 5.41) is 2.42. The van der Waals surface area contributed by atoms with Crippen molar-refractivity contribution in [1.29, 1.82) is 0 Å². The molecule has 2 rings (SSSR count). The number of aromatic nitrogens is 1. The largest absolute Gasteiger partial charge is 0.456 e. The molecule has 1 aromatic carbocycles. The van der Waals surface area contributed by atoms with Gasteiger partial charge in [0.2, 0.25) is 5.91 Å². The lowest BCUT2D eigenvalue weighted by Crippen LogP contribution is -2.27. The molecule has 0 N–H and O–H groups in total. The van der Waals surface area contributed by atoms with Crippen molar-refractivity contribution < 1.29 is 14.3 Å². The second-order valence-corrected chi connectivity index (χ2v) is 7.62. The van der Waals surface area contributed by atoms with Crippen LogP contribution in [-0.2, 0) is 21.6 Å². The third kappa shape index (κ3) is 4.89. The van der Waals surface area contributed by atoms with Crippen LogP contribution in [0.1, 0.15) is 56.2 Å². The van der Waals surface area contributed by atoms with E-state index in [4.69, 9.17) is 4.74 Å². The molecule has 134 valence electrons. The number of benzene rings is 1. The Bertz CT molecular complexity index is 745. The highest BCUT2D eigenvalue weighted by Gasteiger charge is 2.16. The smallest absolute Gasteiger partial charge is 0.338 e. The van der Waals surface area contributed by atoms with Gasteiger partial charge in [-0.05, 0) is 30.0 Å². The van der Waals surface area contributed by atoms with Crippen molar-refractivity contribution >= 4 is 28.3 Å². The molecule has 5 nitrogen and oxygen atoms in total. The van der Waals surface area contributed by atoms with Gasteiger partial charge in [-0.15, -0.1) is 11.3 Å². The molecular weight excluding hydrogens is 336 g/mol. The molecule has 25 heavy (non-hydrogen) atoms. The van der Waals surface area contributed by atoms with E-state index in [2.05, 4.69) is 25.8 Å². The normalized spacial score (nSPS) is 11.2. The molecule has 2 aromatic rings. The van der Waals surface area contributed by atoms with Crippen LogP contribution in [-0.4, -0.2) is 23.4 Å². The maximum Gasteiger partial charge on any atom is 0.338 e. The molecule has 1 amide bonds. The fourth-order valence-electron chi connectivity index (χ4n) is 2.31. The van der Waals surface area contributed by atoms with Crippen molar-refractivity contribution in [2.24, 2.45) is 0 Å². The number of thiazole rings is 1. The fourth-order valence-corrected chi connectivity index (χ4v) is 3.23. The minimum absolute atomic E-state index is 0.0430. The Morgan fingerprint density at radius 3 is 2.36 bits per heavy atom. The fraction of sp³-hybridized carbons (Fsp3) is 0.421. The first-order valence-corrected chi connectivity index (χ1v) is 9.10. The highest BCUT2D eigenvalue weighted by Crippen LogP contribution is 2.23. The van der Waals surface area contributed by atoms with Gasteiger partial charge in [0.15, 0.2) is 5.13 Å². The lowest BCUT2D eigenvalue weighted by molar-refractivity contribution is -0.116. The van der Waals surface area contributed by atoms with E-state index < -0.39 is 0 Å². The third-order valence-electron chi connectivity index (χ3n) is 3.80. The van der Waals surface area contributed by atoms with Gasteiger partial charge < -0.3 is 4.74 Å². The Balaban J connectivity index is 1.98. The Morgan fingerprint density at radius 2 is 1.84 bits per heavy atom. The number of rotatable bonds is 5. The van der Waals surface area contributed by atoms with Crippen LogP contribution in [0.3, 0.4) is 0 Å². The van der Waals surface area contributed by atoms with Gasteiger partial charge in [-0.1, -0.05) is 32.9 Å². The summed E-state index contributed by atoms with van der Waals surface area (Å²) in [6.45, 7) is 10.4. The van der Waals surface area contributed by atoms with Crippen LogP contribution in [0.4, 0.5) is 5.13 Å². The zero-order valence-corrected chi connectivity index (χ0v) is 16.1. The highest BCUT2D eigenvalue weighted by molar-refractivity contribution is 7.14. The lowest BCUT2D eigenvalue weighted by atomic mass is 9.87. The van der Waals surface area contributed by atoms with Crippen molar-refractivity contribution in [1.82, 2.24) is 4.98 Å². The number of hydrogen-bond donors (Lipinski definition) is 0. The zero-order chi connectivity index (χ0) is 18.6.